The molecular weight excluding hydrogens is 373 g/mol. The normalized spacial score (nSPS) is 15.4. The number of amides is 2. The molecular formula is C19H27Cl2N3O2. The summed E-state index contributed by atoms with van der Waals surface area (Å²) in [6.07, 6.45) is 2.21. The molecule has 0 radical (unpaired) electrons. The molecule has 7 heteroatoms. The number of carbonyl (C=O) groups is 2. The Morgan fingerprint density at radius 1 is 1.23 bits per heavy atom. The van der Waals surface area contributed by atoms with Crippen LogP contribution >= 0.6 is 23.2 Å². The zero-order chi connectivity index (χ0) is 19.3. The molecule has 26 heavy (non-hydrogen) atoms. The Labute approximate surface area is 165 Å². The summed E-state index contributed by atoms with van der Waals surface area (Å²) in [6, 6.07) is 5.35. The number of piperidine rings is 1. The van der Waals surface area contributed by atoms with E-state index in [-0.39, 0.29) is 5.91 Å². The first-order valence-electron chi connectivity index (χ1n) is 9.04. The van der Waals surface area contributed by atoms with E-state index in [1.165, 1.54) is 0 Å². The molecule has 1 aliphatic heterocycles. The molecule has 2 amide bonds. The predicted molar refractivity (Wildman–Crippen MR) is 108 cm³/mol. The van der Waals surface area contributed by atoms with E-state index < -0.39 is 10.7 Å². The number of alkyl halides is 2. The van der Waals surface area contributed by atoms with Crippen LogP contribution in [0.25, 0.3) is 0 Å². The third-order valence-electron chi connectivity index (χ3n) is 4.50. The minimum Gasteiger partial charge on any atom is -0.371 e. The van der Waals surface area contributed by atoms with E-state index in [2.05, 4.69) is 22.5 Å². The van der Waals surface area contributed by atoms with Crippen molar-refractivity contribution in [3.05, 3.63) is 23.8 Å². The van der Waals surface area contributed by atoms with Crippen LogP contribution in [0, 0.1) is 11.8 Å². The fourth-order valence-electron chi connectivity index (χ4n) is 2.91. The van der Waals surface area contributed by atoms with Gasteiger partial charge < -0.3 is 15.5 Å². The number of hydrogen-bond donors (Lipinski definition) is 2. The summed E-state index contributed by atoms with van der Waals surface area (Å²) in [5, 5.41) is 5.60. The molecule has 0 aliphatic carbocycles. The molecule has 0 unspecified atom stereocenters. The first-order valence-corrected chi connectivity index (χ1v) is 9.91. The van der Waals surface area contributed by atoms with Gasteiger partial charge in [-0.25, -0.2) is 0 Å². The number of halogens is 2. The molecule has 1 aromatic carbocycles. The number of nitrogens with zero attached hydrogens (tertiary/aromatic N) is 1. The first kappa shape index (κ1) is 20.8. The van der Waals surface area contributed by atoms with Gasteiger partial charge in [-0.1, -0.05) is 44.0 Å². The molecule has 0 atom stereocenters. The molecule has 5 nitrogen and oxygen atoms in total. The zero-order valence-corrected chi connectivity index (χ0v) is 17.0. The molecule has 2 rings (SSSR count). The highest BCUT2D eigenvalue weighted by molar-refractivity contribution is 6.54. The average molecular weight is 400 g/mol. The number of nitrogens with one attached hydrogen (secondary N) is 2. The van der Waals surface area contributed by atoms with Crippen LogP contribution in [-0.2, 0) is 4.79 Å². The van der Waals surface area contributed by atoms with Crippen molar-refractivity contribution in [3.63, 3.8) is 0 Å². The molecule has 2 N–H and O–H groups in total. The van der Waals surface area contributed by atoms with Gasteiger partial charge in [0.05, 0.1) is 5.56 Å². The van der Waals surface area contributed by atoms with Gasteiger partial charge in [-0.3, -0.25) is 9.59 Å². The van der Waals surface area contributed by atoms with E-state index in [1.54, 1.807) is 12.1 Å². The SMILES string of the molecule is CC(C)CNC(=O)c1cc(NC(=O)C(Cl)Cl)ccc1N1CCC(C)CC1. The Bertz CT molecular complexity index is 642. The Morgan fingerprint density at radius 2 is 1.88 bits per heavy atom. The smallest absolute Gasteiger partial charge is 0.257 e. The van der Waals surface area contributed by atoms with Gasteiger partial charge in [0.1, 0.15) is 0 Å². The van der Waals surface area contributed by atoms with E-state index in [4.69, 9.17) is 23.2 Å². The summed E-state index contributed by atoms with van der Waals surface area (Å²) in [4.78, 5) is 25.6. The number of benzene rings is 1. The molecule has 1 fully saturated rings. The van der Waals surface area contributed by atoms with Crippen LogP contribution in [-0.4, -0.2) is 36.3 Å². The molecule has 0 aromatic heterocycles. The second-order valence-corrected chi connectivity index (χ2v) is 8.39. The molecule has 144 valence electrons. The van der Waals surface area contributed by atoms with Gasteiger partial charge in [0.15, 0.2) is 4.84 Å². The lowest BCUT2D eigenvalue weighted by molar-refractivity contribution is -0.114. The lowest BCUT2D eigenvalue weighted by Gasteiger charge is -2.33. The Kier molecular flexibility index (Phi) is 7.59. The lowest BCUT2D eigenvalue weighted by atomic mass is 9.97. The summed E-state index contributed by atoms with van der Waals surface area (Å²) >= 11 is 11.2. The highest BCUT2D eigenvalue weighted by Gasteiger charge is 2.22. The topological polar surface area (TPSA) is 61.4 Å². The first-order chi connectivity index (χ1) is 12.3. The van der Waals surface area contributed by atoms with Crippen molar-refractivity contribution < 1.29 is 9.59 Å². The van der Waals surface area contributed by atoms with Gasteiger partial charge >= 0.3 is 0 Å². The minimum absolute atomic E-state index is 0.142. The Hall–Kier alpha value is -1.46. The second-order valence-electron chi connectivity index (χ2n) is 7.30. The molecule has 1 saturated heterocycles. The maximum atomic E-state index is 12.7. The van der Waals surface area contributed by atoms with Crippen molar-refractivity contribution in [2.24, 2.45) is 11.8 Å². The number of anilines is 2. The van der Waals surface area contributed by atoms with Gasteiger partial charge in [0, 0.05) is 31.0 Å². The number of carbonyl (C=O) groups excluding carboxylic acids is 2. The van der Waals surface area contributed by atoms with Crippen LogP contribution in [0.2, 0.25) is 0 Å². The van der Waals surface area contributed by atoms with E-state index in [0.29, 0.717) is 29.6 Å². The number of hydrogen-bond acceptors (Lipinski definition) is 3. The van der Waals surface area contributed by atoms with E-state index in [9.17, 15) is 9.59 Å². The largest absolute Gasteiger partial charge is 0.371 e. The van der Waals surface area contributed by atoms with Crippen molar-refractivity contribution >= 4 is 46.4 Å². The van der Waals surface area contributed by atoms with Crippen LogP contribution in [0.5, 0.6) is 0 Å². The van der Waals surface area contributed by atoms with E-state index in [0.717, 1.165) is 31.6 Å². The van der Waals surface area contributed by atoms with Crippen LogP contribution in [0.3, 0.4) is 0 Å². The fraction of sp³-hybridized carbons (Fsp3) is 0.579. The zero-order valence-electron chi connectivity index (χ0n) is 15.5. The molecule has 1 aliphatic rings. The number of rotatable bonds is 6. The third kappa shape index (κ3) is 5.78. The maximum Gasteiger partial charge on any atom is 0.257 e. The van der Waals surface area contributed by atoms with Crippen LogP contribution in [0.4, 0.5) is 11.4 Å². The van der Waals surface area contributed by atoms with Crippen LogP contribution < -0.4 is 15.5 Å². The third-order valence-corrected chi connectivity index (χ3v) is 4.90. The van der Waals surface area contributed by atoms with Gasteiger partial charge in [-0.2, -0.15) is 0 Å². The van der Waals surface area contributed by atoms with Gasteiger partial charge in [-0.05, 0) is 42.9 Å². The van der Waals surface area contributed by atoms with Crippen LogP contribution in [0.1, 0.15) is 44.0 Å². The summed E-state index contributed by atoms with van der Waals surface area (Å²) < 4.78 is 0. The monoisotopic (exact) mass is 399 g/mol. The lowest BCUT2D eigenvalue weighted by Crippen LogP contribution is -2.35. The van der Waals surface area contributed by atoms with Crippen molar-refractivity contribution in [3.8, 4) is 0 Å². The van der Waals surface area contributed by atoms with Crippen molar-refractivity contribution in [1.82, 2.24) is 5.32 Å². The predicted octanol–water partition coefficient (Wildman–Crippen LogP) is 4.05. The summed E-state index contributed by atoms with van der Waals surface area (Å²) in [5.74, 6) is 0.403. The van der Waals surface area contributed by atoms with Crippen molar-refractivity contribution in [2.75, 3.05) is 29.9 Å². The van der Waals surface area contributed by atoms with E-state index >= 15 is 0 Å². The second kappa shape index (κ2) is 9.47. The molecule has 0 bridgehead atoms. The van der Waals surface area contributed by atoms with Gasteiger partial charge in [-0.15, -0.1) is 0 Å². The molecule has 1 heterocycles. The summed E-state index contributed by atoms with van der Waals surface area (Å²) in [5.41, 5.74) is 1.95. The van der Waals surface area contributed by atoms with Crippen molar-refractivity contribution in [2.45, 2.75) is 38.4 Å². The Balaban J connectivity index is 2.27. The minimum atomic E-state index is -1.16. The highest BCUT2D eigenvalue weighted by atomic mass is 35.5. The standard InChI is InChI=1S/C19H27Cl2N3O2/c1-12(2)11-22-18(25)15-10-14(23-19(26)17(20)21)4-5-16(15)24-8-6-13(3)7-9-24/h4-5,10,12-13,17H,6-9,11H2,1-3H3,(H,22,25)(H,23,26). The molecule has 0 saturated carbocycles. The Morgan fingerprint density at radius 3 is 2.46 bits per heavy atom. The van der Waals surface area contributed by atoms with Gasteiger partial charge in [0.25, 0.3) is 11.8 Å². The fourth-order valence-corrected chi connectivity index (χ4v) is 3.02. The van der Waals surface area contributed by atoms with Crippen molar-refractivity contribution in [1.29, 1.82) is 0 Å². The summed E-state index contributed by atoms with van der Waals surface area (Å²) in [7, 11) is 0. The quantitative estimate of drug-likeness (QED) is 0.709. The average Bonchev–Trinajstić information content (AvgIpc) is 2.60. The van der Waals surface area contributed by atoms with E-state index in [1.807, 2.05) is 19.9 Å². The van der Waals surface area contributed by atoms with Crippen LogP contribution in [0.15, 0.2) is 18.2 Å². The molecule has 1 aromatic rings. The maximum absolute atomic E-state index is 12.7. The molecule has 0 spiro atoms. The summed E-state index contributed by atoms with van der Waals surface area (Å²) in [6.45, 7) is 8.78. The highest BCUT2D eigenvalue weighted by Crippen LogP contribution is 2.29. The van der Waals surface area contributed by atoms with Gasteiger partial charge in [0.2, 0.25) is 0 Å².